The van der Waals surface area contributed by atoms with E-state index in [4.69, 9.17) is 4.43 Å². The Balaban J connectivity index is 1.49. The van der Waals surface area contributed by atoms with Crippen molar-refractivity contribution in [2.24, 2.45) is 0 Å². The molecule has 0 unspecified atom stereocenters. The van der Waals surface area contributed by atoms with Gasteiger partial charge < -0.3 is 4.43 Å². The fourth-order valence-electron chi connectivity index (χ4n) is 4.58. The summed E-state index contributed by atoms with van der Waals surface area (Å²) in [5, 5.41) is 13.4. The van der Waals surface area contributed by atoms with Crippen LogP contribution in [0.3, 0.4) is 0 Å². The van der Waals surface area contributed by atoms with E-state index in [1.807, 2.05) is 30.3 Å². The number of sulfone groups is 1. The van der Waals surface area contributed by atoms with Crippen LogP contribution in [-0.2, 0) is 14.3 Å². The van der Waals surface area contributed by atoms with Crippen molar-refractivity contribution in [1.82, 2.24) is 20.2 Å². The maximum atomic E-state index is 13.1. The lowest BCUT2D eigenvalue weighted by Crippen LogP contribution is -2.66. The number of hydrogen-bond donors (Lipinski definition) is 0. The Morgan fingerprint density at radius 2 is 1.33 bits per heavy atom. The summed E-state index contributed by atoms with van der Waals surface area (Å²) in [4.78, 5) is 0. The number of rotatable bonds is 10. The second-order valence-electron chi connectivity index (χ2n) is 9.75. The van der Waals surface area contributed by atoms with Gasteiger partial charge in [-0.1, -0.05) is 105 Å². The van der Waals surface area contributed by atoms with Crippen LogP contribution < -0.4 is 10.4 Å². The van der Waals surface area contributed by atoms with Gasteiger partial charge in [0.25, 0.3) is 13.5 Å². The van der Waals surface area contributed by atoms with Crippen LogP contribution >= 0.6 is 0 Å². The van der Waals surface area contributed by atoms with E-state index >= 15 is 0 Å². The molecule has 188 valence electrons. The molecule has 36 heavy (non-hydrogen) atoms. The first-order valence-electron chi connectivity index (χ1n) is 12.1. The van der Waals surface area contributed by atoms with E-state index < -0.39 is 18.2 Å². The van der Waals surface area contributed by atoms with Gasteiger partial charge in [0.05, 0.1) is 11.4 Å². The third kappa shape index (κ3) is 5.33. The summed E-state index contributed by atoms with van der Waals surface area (Å²) < 4.78 is 34.2. The van der Waals surface area contributed by atoms with Crippen molar-refractivity contribution in [2.75, 3.05) is 12.4 Å². The highest BCUT2D eigenvalue weighted by Crippen LogP contribution is 2.36. The van der Waals surface area contributed by atoms with E-state index in [9.17, 15) is 8.42 Å². The first-order valence-corrected chi connectivity index (χ1v) is 15.6. The lowest BCUT2D eigenvalue weighted by atomic mass is 10.2. The molecule has 0 radical (unpaired) electrons. The van der Waals surface area contributed by atoms with Gasteiger partial charge >= 0.3 is 0 Å². The first-order chi connectivity index (χ1) is 17.3. The van der Waals surface area contributed by atoms with Crippen LogP contribution in [0.5, 0.6) is 0 Å². The molecule has 0 saturated carbocycles. The summed E-state index contributed by atoms with van der Waals surface area (Å²) >= 11 is 0. The van der Waals surface area contributed by atoms with E-state index in [2.05, 4.69) is 84.8 Å². The lowest BCUT2D eigenvalue weighted by Gasteiger charge is -2.43. The fraction of sp³-hybridized carbons (Fsp3) is 0.296. The van der Waals surface area contributed by atoms with Gasteiger partial charge in [-0.05, 0) is 50.8 Å². The van der Waals surface area contributed by atoms with Crippen LogP contribution in [-0.4, -0.2) is 49.3 Å². The molecule has 1 heterocycles. The standard InChI is InChI=1S/C27H32N4O3SSi/c1-27(2,3)36(24-17-9-5-10-18-24,25-19-11-6-12-20-25)34-21-13-14-22-35(32,33)26-28-29-30-31(26)23-15-7-4-8-16-23/h4-12,15-20H,13-14,21-22H2,1-3H3. The molecule has 0 saturated heterocycles. The van der Waals surface area contributed by atoms with Crippen LogP contribution in [0.4, 0.5) is 0 Å². The van der Waals surface area contributed by atoms with E-state index in [-0.39, 0.29) is 15.9 Å². The minimum Gasteiger partial charge on any atom is -0.407 e. The highest BCUT2D eigenvalue weighted by atomic mass is 32.2. The molecule has 0 aliphatic heterocycles. The van der Waals surface area contributed by atoms with Crippen molar-refractivity contribution < 1.29 is 12.8 Å². The van der Waals surface area contributed by atoms with E-state index in [0.29, 0.717) is 25.1 Å². The molecule has 0 aliphatic carbocycles. The third-order valence-electron chi connectivity index (χ3n) is 6.26. The summed E-state index contributed by atoms with van der Waals surface area (Å²) in [6.45, 7) is 7.15. The number of para-hydroxylation sites is 1. The Morgan fingerprint density at radius 1 is 0.806 bits per heavy atom. The van der Waals surface area contributed by atoms with Gasteiger partial charge in [0.15, 0.2) is 0 Å². The summed E-state index contributed by atoms with van der Waals surface area (Å²) in [7, 11) is -6.30. The van der Waals surface area contributed by atoms with E-state index in [1.165, 1.54) is 15.1 Å². The van der Waals surface area contributed by atoms with Crippen molar-refractivity contribution in [2.45, 2.75) is 43.8 Å². The number of hydrogen-bond acceptors (Lipinski definition) is 6. The van der Waals surface area contributed by atoms with Gasteiger partial charge in [-0.15, -0.1) is 0 Å². The largest absolute Gasteiger partial charge is 0.407 e. The smallest absolute Gasteiger partial charge is 0.272 e. The van der Waals surface area contributed by atoms with Gasteiger partial charge in [0.2, 0.25) is 9.84 Å². The summed E-state index contributed by atoms with van der Waals surface area (Å²) in [6.07, 6.45) is 1.05. The molecule has 4 aromatic rings. The van der Waals surface area contributed by atoms with Crippen molar-refractivity contribution >= 4 is 28.5 Å². The molecular formula is C27H32N4O3SSi. The molecule has 0 fully saturated rings. The Morgan fingerprint density at radius 3 is 1.86 bits per heavy atom. The quantitative estimate of drug-likeness (QED) is 0.234. The van der Waals surface area contributed by atoms with Crippen LogP contribution in [0, 0.1) is 0 Å². The van der Waals surface area contributed by atoms with E-state index in [1.54, 1.807) is 12.1 Å². The zero-order chi connectivity index (χ0) is 25.7. The van der Waals surface area contributed by atoms with Gasteiger partial charge in [0.1, 0.15) is 0 Å². The Labute approximate surface area is 214 Å². The first kappa shape index (κ1) is 25.9. The Bertz CT molecular complexity index is 1320. The normalized spacial score (nSPS) is 12.5. The fourth-order valence-corrected chi connectivity index (χ4v) is 10.5. The van der Waals surface area contributed by atoms with Crippen molar-refractivity contribution in [3.8, 4) is 5.69 Å². The number of aromatic nitrogens is 4. The average Bonchev–Trinajstić information content (AvgIpc) is 3.38. The molecule has 0 spiro atoms. The second-order valence-corrected chi connectivity index (χ2v) is 16.1. The van der Waals surface area contributed by atoms with Crippen LogP contribution in [0.1, 0.15) is 33.6 Å². The van der Waals surface area contributed by atoms with Crippen LogP contribution in [0.25, 0.3) is 5.69 Å². The van der Waals surface area contributed by atoms with Crippen LogP contribution in [0.2, 0.25) is 5.04 Å². The van der Waals surface area contributed by atoms with Gasteiger partial charge in [-0.3, -0.25) is 0 Å². The summed E-state index contributed by atoms with van der Waals surface area (Å²) in [5.74, 6) is -0.0513. The number of nitrogens with zero attached hydrogens (tertiary/aromatic N) is 4. The molecular weight excluding hydrogens is 488 g/mol. The predicted molar refractivity (Wildman–Crippen MR) is 144 cm³/mol. The number of benzene rings is 3. The molecule has 0 atom stereocenters. The molecule has 0 amide bonds. The minimum atomic E-state index is -3.66. The molecule has 0 N–H and O–H groups in total. The zero-order valence-corrected chi connectivity index (χ0v) is 22.7. The SMILES string of the molecule is CC(C)(C)[Si](OCCCCS(=O)(=O)c1nnnn1-c1ccccc1)(c1ccccc1)c1ccccc1. The Kier molecular flexibility index (Phi) is 7.82. The number of tetrazole rings is 1. The van der Waals surface area contributed by atoms with E-state index in [0.717, 1.165) is 0 Å². The topological polar surface area (TPSA) is 87.0 Å². The minimum absolute atomic E-state index is 0.0513. The van der Waals surface area contributed by atoms with Crippen LogP contribution in [0.15, 0.2) is 96.2 Å². The van der Waals surface area contributed by atoms with Crippen molar-refractivity contribution in [1.29, 1.82) is 0 Å². The highest BCUT2D eigenvalue weighted by Gasteiger charge is 2.49. The second kappa shape index (κ2) is 10.9. The van der Waals surface area contributed by atoms with Crippen molar-refractivity contribution in [3.63, 3.8) is 0 Å². The Hall–Kier alpha value is -3.14. The molecule has 0 aliphatic rings. The number of unbranched alkanes of at least 4 members (excludes halogenated alkanes) is 1. The molecule has 1 aromatic heterocycles. The molecule has 9 heteroatoms. The lowest BCUT2D eigenvalue weighted by molar-refractivity contribution is 0.290. The molecule has 4 rings (SSSR count). The zero-order valence-electron chi connectivity index (χ0n) is 20.9. The van der Waals surface area contributed by atoms with Gasteiger partial charge in [-0.25, -0.2) is 8.42 Å². The average molecular weight is 521 g/mol. The molecule has 3 aromatic carbocycles. The van der Waals surface area contributed by atoms with Crippen molar-refractivity contribution in [3.05, 3.63) is 91.0 Å². The van der Waals surface area contributed by atoms with Gasteiger partial charge in [-0.2, -0.15) is 4.68 Å². The molecule has 7 nitrogen and oxygen atoms in total. The maximum Gasteiger partial charge on any atom is 0.272 e. The summed E-state index contributed by atoms with van der Waals surface area (Å²) in [5.41, 5.74) is 0.607. The highest BCUT2D eigenvalue weighted by molar-refractivity contribution is 7.91. The predicted octanol–water partition coefficient (Wildman–Crippen LogP) is 3.79. The monoisotopic (exact) mass is 520 g/mol. The summed E-state index contributed by atoms with van der Waals surface area (Å²) in [6, 6.07) is 29.9. The maximum absolute atomic E-state index is 13.1. The third-order valence-corrected chi connectivity index (χ3v) is 12.9. The van der Waals surface area contributed by atoms with Gasteiger partial charge in [0, 0.05) is 6.61 Å². The molecule has 0 bridgehead atoms.